The van der Waals surface area contributed by atoms with Gasteiger partial charge in [-0.3, -0.25) is 9.48 Å². The van der Waals surface area contributed by atoms with Crippen molar-refractivity contribution in [3.05, 3.63) is 95.7 Å². The smallest absolute Gasteiger partial charge is 0.275 e. The fourth-order valence-corrected chi connectivity index (χ4v) is 4.85. The van der Waals surface area contributed by atoms with Crippen molar-refractivity contribution in [3.8, 4) is 11.3 Å². The Bertz CT molecular complexity index is 1350. The van der Waals surface area contributed by atoms with Crippen LogP contribution in [-0.2, 0) is 13.6 Å². The Balaban J connectivity index is 1.86. The number of rotatable bonds is 10. The van der Waals surface area contributed by atoms with Crippen molar-refractivity contribution >= 4 is 5.91 Å². The number of carbonyl (C=O) groups is 1. The Morgan fingerprint density at radius 1 is 1.08 bits per heavy atom. The van der Waals surface area contributed by atoms with Crippen molar-refractivity contribution in [2.24, 2.45) is 18.2 Å². The van der Waals surface area contributed by atoms with Gasteiger partial charge < -0.3 is 20.3 Å². The average Bonchev–Trinajstić information content (AvgIpc) is 3.48. The number of hydrogen-bond donors (Lipinski definition) is 2. The number of aromatic nitrogens is 4. The quantitative estimate of drug-likeness (QED) is 0.314. The van der Waals surface area contributed by atoms with E-state index < -0.39 is 6.04 Å². The fourth-order valence-electron chi connectivity index (χ4n) is 4.85. The van der Waals surface area contributed by atoms with Crippen molar-refractivity contribution in [2.45, 2.75) is 52.7 Å². The monoisotopic (exact) mass is 528 g/mol. The topological polar surface area (TPSA) is 102 Å². The molecule has 0 saturated heterocycles. The zero-order chi connectivity index (χ0) is 28.2. The summed E-state index contributed by atoms with van der Waals surface area (Å²) in [6.45, 7) is 9.12. The van der Waals surface area contributed by atoms with Gasteiger partial charge in [-0.1, -0.05) is 81.4 Å². The number of aryl methyl sites for hydroxylation is 2. The Kier molecular flexibility index (Phi) is 8.67. The van der Waals surface area contributed by atoms with Gasteiger partial charge in [-0.05, 0) is 30.4 Å². The molecule has 206 valence electrons. The zero-order valence-corrected chi connectivity index (χ0v) is 23.6. The van der Waals surface area contributed by atoms with Gasteiger partial charge in [0.2, 0.25) is 0 Å². The van der Waals surface area contributed by atoms with E-state index >= 15 is 0 Å². The summed E-state index contributed by atoms with van der Waals surface area (Å²) in [4.78, 5) is 21.1. The molecule has 2 heterocycles. The molecule has 0 bridgehead atoms. The second kappa shape index (κ2) is 12.0. The zero-order valence-electron chi connectivity index (χ0n) is 23.6. The molecule has 39 heavy (non-hydrogen) atoms. The van der Waals surface area contributed by atoms with Crippen LogP contribution in [0, 0.1) is 12.3 Å². The van der Waals surface area contributed by atoms with Gasteiger partial charge in [-0.2, -0.15) is 5.10 Å². The van der Waals surface area contributed by atoms with Crippen molar-refractivity contribution in [3.63, 3.8) is 0 Å². The lowest BCUT2D eigenvalue weighted by molar-refractivity contribution is 0.0461. The maximum Gasteiger partial charge on any atom is 0.275 e. The Labute approximate surface area is 231 Å². The van der Waals surface area contributed by atoms with Crippen LogP contribution >= 0.6 is 0 Å². The summed E-state index contributed by atoms with van der Waals surface area (Å²) >= 11 is 0. The molecule has 0 aliphatic heterocycles. The molecule has 4 rings (SSSR count). The SMILES string of the molecule is Cc1cc(C(=O)N(CC[C@H](N)CO)[C@@H](c2nc(-c3ccccc3)cn2Cc2ccccc2)C(C)(C)C)nn1C. The van der Waals surface area contributed by atoms with E-state index in [1.54, 1.807) is 4.68 Å². The van der Waals surface area contributed by atoms with Gasteiger partial charge in [-0.15, -0.1) is 0 Å². The van der Waals surface area contributed by atoms with E-state index in [-0.39, 0.29) is 24.0 Å². The number of nitrogens with zero attached hydrogens (tertiary/aromatic N) is 5. The summed E-state index contributed by atoms with van der Waals surface area (Å²) in [7, 11) is 1.83. The largest absolute Gasteiger partial charge is 0.395 e. The number of nitrogens with two attached hydrogens (primary N) is 1. The lowest BCUT2D eigenvalue weighted by atomic mass is 9.84. The Morgan fingerprint density at radius 3 is 2.28 bits per heavy atom. The molecule has 0 unspecified atom stereocenters. The predicted molar refractivity (Wildman–Crippen MR) is 154 cm³/mol. The highest BCUT2D eigenvalue weighted by atomic mass is 16.3. The standard InChI is InChI=1S/C31H40N6O2/c1-22-18-26(34-35(22)5)30(39)37(17-16-25(32)21-38)28(31(2,3)4)29-33-27(24-14-10-7-11-15-24)20-36(29)19-23-12-8-6-9-13-23/h6-15,18,20,25,28,38H,16-17,19,21,32H2,1-5H3/t25-,28-/m0/s1. The second-order valence-corrected chi connectivity index (χ2v) is 11.3. The van der Waals surface area contributed by atoms with E-state index in [0.717, 1.165) is 28.3 Å². The van der Waals surface area contributed by atoms with Gasteiger partial charge in [0.25, 0.3) is 5.91 Å². The van der Waals surface area contributed by atoms with E-state index in [2.05, 4.69) is 48.8 Å². The van der Waals surface area contributed by atoms with E-state index in [4.69, 9.17) is 10.7 Å². The Morgan fingerprint density at radius 2 is 1.72 bits per heavy atom. The van der Waals surface area contributed by atoms with Gasteiger partial charge in [0.05, 0.1) is 18.3 Å². The van der Waals surface area contributed by atoms with Crippen LogP contribution < -0.4 is 5.73 Å². The van der Waals surface area contributed by atoms with E-state index in [1.807, 2.05) is 73.5 Å². The molecule has 3 N–H and O–H groups in total. The summed E-state index contributed by atoms with van der Waals surface area (Å²) in [5.41, 5.74) is 10.0. The van der Waals surface area contributed by atoms with Gasteiger partial charge in [0, 0.05) is 43.6 Å². The second-order valence-electron chi connectivity index (χ2n) is 11.3. The van der Waals surface area contributed by atoms with E-state index in [9.17, 15) is 9.90 Å². The number of aliphatic hydroxyl groups is 1. The average molecular weight is 529 g/mol. The normalized spacial score (nSPS) is 13.3. The molecule has 0 aliphatic rings. The minimum absolute atomic E-state index is 0.147. The highest BCUT2D eigenvalue weighted by Crippen LogP contribution is 2.40. The lowest BCUT2D eigenvalue weighted by Gasteiger charge is -2.40. The summed E-state index contributed by atoms with van der Waals surface area (Å²) < 4.78 is 3.87. The summed E-state index contributed by atoms with van der Waals surface area (Å²) in [6.07, 6.45) is 2.52. The van der Waals surface area contributed by atoms with Crippen molar-refractivity contribution in [1.29, 1.82) is 0 Å². The molecule has 8 nitrogen and oxygen atoms in total. The third-order valence-corrected chi connectivity index (χ3v) is 7.02. The molecule has 0 radical (unpaired) electrons. The van der Waals surface area contributed by atoms with Crippen molar-refractivity contribution in [1.82, 2.24) is 24.2 Å². The maximum absolute atomic E-state index is 14.1. The van der Waals surface area contributed by atoms with Crippen LogP contribution in [0.4, 0.5) is 0 Å². The minimum Gasteiger partial charge on any atom is -0.395 e. The van der Waals surface area contributed by atoms with Crippen LogP contribution in [0.1, 0.15) is 60.8 Å². The summed E-state index contributed by atoms with van der Waals surface area (Å²) in [5, 5.41) is 14.1. The first-order chi connectivity index (χ1) is 18.6. The number of amides is 1. The van der Waals surface area contributed by atoms with Crippen LogP contribution in [0.15, 0.2) is 72.9 Å². The maximum atomic E-state index is 14.1. The fraction of sp³-hybridized carbons (Fsp3) is 0.387. The van der Waals surface area contributed by atoms with E-state index in [1.165, 1.54) is 0 Å². The first kappa shape index (κ1) is 28.3. The summed E-state index contributed by atoms with van der Waals surface area (Å²) in [6, 6.07) is 21.3. The van der Waals surface area contributed by atoms with Crippen LogP contribution in [-0.4, -0.2) is 54.4 Å². The Hall–Kier alpha value is -3.75. The molecule has 4 aromatic rings. The molecular formula is C31H40N6O2. The number of benzene rings is 2. The number of hydrogen-bond acceptors (Lipinski definition) is 5. The molecule has 2 aromatic heterocycles. The molecule has 0 aliphatic carbocycles. The van der Waals surface area contributed by atoms with Gasteiger partial charge >= 0.3 is 0 Å². The first-order valence-electron chi connectivity index (χ1n) is 13.4. The molecule has 1 amide bonds. The van der Waals surface area contributed by atoms with E-state index in [0.29, 0.717) is 25.2 Å². The summed E-state index contributed by atoms with van der Waals surface area (Å²) in [5.74, 6) is 0.614. The van der Waals surface area contributed by atoms with Crippen LogP contribution in [0.25, 0.3) is 11.3 Å². The number of carbonyl (C=O) groups excluding carboxylic acids is 1. The highest BCUT2D eigenvalue weighted by molar-refractivity contribution is 5.92. The number of imidazole rings is 1. The molecule has 0 spiro atoms. The molecule has 0 saturated carbocycles. The van der Waals surface area contributed by atoms with Crippen LogP contribution in [0.2, 0.25) is 0 Å². The first-order valence-corrected chi connectivity index (χ1v) is 13.4. The molecular weight excluding hydrogens is 488 g/mol. The van der Waals surface area contributed by atoms with Crippen LogP contribution in [0.3, 0.4) is 0 Å². The lowest BCUT2D eigenvalue weighted by Crippen LogP contribution is -2.45. The van der Waals surface area contributed by atoms with Gasteiger partial charge in [-0.25, -0.2) is 4.98 Å². The highest BCUT2D eigenvalue weighted by Gasteiger charge is 2.39. The number of aliphatic hydroxyl groups excluding tert-OH is 1. The molecule has 8 heteroatoms. The minimum atomic E-state index is -0.435. The van der Waals surface area contributed by atoms with Crippen LogP contribution in [0.5, 0.6) is 0 Å². The molecule has 2 aromatic carbocycles. The predicted octanol–water partition coefficient (Wildman–Crippen LogP) is 4.58. The third-order valence-electron chi connectivity index (χ3n) is 7.02. The molecule has 2 atom stereocenters. The van der Waals surface area contributed by atoms with Gasteiger partial charge in [0.1, 0.15) is 5.82 Å². The van der Waals surface area contributed by atoms with Crippen molar-refractivity contribution < 1.29 is 9.90 Å². The van der Waals surface area contributed by atoms with Gasteiger partial charge in [0.15, 0.2) is 5.69 Å². The molecule has 0 fully saturated rings. The van der Waals surface area contributed by atoms with Crippen molar-refractivity contribution in [2.75, 3.05) is 13.2 Å². The third kappa shape index (κ3) is 6.64.